The summed E-state index contributed by atoms with van der Waals surface area (Å²) in [6, 6.07) is 3.67. The van der Waals surface area contributed by atoms with Crippen molar-refractivity contribution in [3.63, 3.8) is 0 Å². The van der Waals surface area contributed by atoms with E-state index in [1.807, 2.05) is 12.1 Å². The zero-order chi connectivity index (χ0) is 21.7. The summed E-state index contributed by atoms with van der Waals surface area (Å²) in [5, 5.41) is 3.03. The van der Waals surface area contributed by atoms with Gasteiger partial charge in [0.2, 0.25) is 10.0 Å². The van der Waals surface area contributed by atoms with Crippen LogP contribution in [-0.4, -0.2) is 49.8 Å². The third-order valence-corrected chi connectivity index (χ3v) is 6.31. The Morgan fingerprint density at radius 2 is 1.83 bits per heavy atom. The van der Waals surface area contributed by atoms with Gasteiger partial charge in [0.25, 0.3) is 0 Å². The molecule has 170 valence electrons. The number of hydroxylamine groups is 1. The highest BCUT2D eigenvalue weighted by atomic mass is 32.2. The summed E-state index contributed by atoms with van der Waals surface area (Å²) in [5.41, 5.74) is 6.73. The number of nitrogens with zero attached hydrogens (tertiary/aromatic N) is 3. The summed E-state index contributed by atoms with van der Waals surface area (Å²) < 4.78 is 25.1. The molecule has 0 bridgehead atoms. The molecule has 8 nitrogen and oxygen atoms in total. The largest absolute Gasteiger partial charge is 0.370 e. The van der Waals surface area contributed by atoms with Crippen LogP contribution < -0.4 is 11.1 Å². The lowest BCUT2D eigenvalue weighted by Crippen LogP contribution is -2.33. The molecule has 0 amide bonds. The van der Waals surface area contributed by atoms with Crippen LogP contribution in [0.1, 0.15) is 64.2 Å². The number of aromatic nitrogens is 1. The summed E-state index contributed by atoms with van der Waals surface area (Å²) in [5.74, 6) is 0.893. The van der Waals surface area contributed by atoms with Gasteiger partial charge in [-0.25, -0.2) is 8.42 Å². The number of nitrogens with one attached hydrogen (secondary N) is 1. The Balaban J connectivity index is 1.55. The highest BCUT2D eigenvalue weighted by Crippen LogP contribution is 2.24. The van der Waals surface area contributed by atoms with Gasteiger partial charge in [0.15, 0.2) is 5.96 Å². The highest BCUT2D eigenvalue weighted by molar-refractivity contribution is 7.88. The number of aliphatic imine (C=N–C) groups is 1. The number of pyridine rings is 1. The molecule has 0 aromatic carbocycles. The van der Waals surface area contributed by atoms with Crippen molar-refractivity contribution in [2.75, 3.05) is 31.3 Å². The van der Waals surface area contributed by atoms with E-state index in [0.717, 1.165) is 50.6 Å². The van der Waals surface area contributed by atoms with Gasteiger partial charge in [-0.05, 0) is 43.7 Å². The zero-order valence-corrected chi connectivity index (χ0v) is 18.9. The molecule has 1 aromatic rings. The standard InChI is InChI=1S/C21H37N5O3S/c1-30(27,28)26(29-18-19-10-6-5-7-11-19)17-9-4-2-3-8-14-24-21(22)25-20-12-15-23-16-13-20/h12-13,15-16,19H,2-11,14,17-18H2,1H3,(H3,22,23,24,25). The lowest BCUT2D eigenvalue weighted by Gasteiger charge is -2.25. The number of guanidine groups is 1. The predicted octanol–water partition coefficient (Wildman–Crippen LogP) is 3.53. The van der Waals surface area contributed by atoms with Crippen molar-refractivity contribution in [1.82, 2.24) is 9.45 Å². The molecule has 1 fully saturated rings. The summed E-state index contributed by atoms with van der Waals surface area (Å²) in [4.78, 5) is 13.9. The van der Waals surface area contributed by atoms with E-state index >= 15 is 0 Å². The van der Waals surface area contributed by atoms with E-state index in [1.165, 1.54) is 30.0 Å². The van der Waals surface area contributed by atoms with Crippen LogP contribution in [0.5, 0.6) is 0 Å². The lowest BCUT2D eigenvalue weighted by molar-refractivity contribution is -0.102. The Morgan fingerprint density at radius 3 is 2.53 bits per heavy atom. The lowest BCUT2D eigenvalue weighted by atomic mass is 9.90. The van der Waals surface area contributed by atoms with E-state index < -0.39 is 10.0 Å². The minimum atomic E-state index is -3.33. The van der Waals surface area contributed by atoms with Crippen LogP contribution in [0.15, 0.2) is 29.5 Å². The second-order valence-corrected chi connectivity index (χ2v) is 9.86. The molecule has 1 aromatic heterocycles. The Morgan fingerprint density at radius 1 is 1.17 bits per heavy atom. The summed E-state index contributed by atoms with van der Waals surface area (Å²) in [6.45, 7) is 1.61. The van der Waals surface area contributed by atoms with E-state index in [2.05, 4.69) is 15.3 Å². The molecular formula is C21H37N5O3S. The maximum absolute atomic E-state index is 12.0. The average molecular weight is 440 g/mol. The van der Waals surface area contributed by atoms with Crippen molar-refractivity contribution in [3.8, 4) is 0 Å². The monoisotopic (exact) mass is 439 g/mol. The molecule has 30 heavy (non-hydrogen) atoms. The Kier molecular flexibility index (Phi) is 11.1. The van der Waals surface area contributed by atoms with Gasteiger partial charge < -0.3 is 11.1 Å². The number of nitrogens with two attached hydrogens (primary N) is 1. The smallest absolute Gasteiger partial charge is 0.233 e. The number of sulfonamides is 1. The number of anilines is 1. The maximum Gasteiger partial charge on any atom is 0.233 e. The van der Waals surface area contributed by atoms with Crippen molar-refractivity contribution in [2.45, 2.75) is 64.2 Å². The summed E-state index contributed by atoms with van der Waals surface area (Å²) in [6.07, 6.45) is 15.4. The van der Waals surface area contributed by atoms with Crippen LogP contribution in [0.4, 0.5) is 5.69 Å². The van der Waals surface area contributed by atoms with E-state index in [1.54, 1.807) is 12.4 Å². The minimum Gasteiger partial charge on any atom is -0.370 e. The fraction of sp³-hybridized carbons (Fsp3) is 0.714. The van der Waals surface area contributed by atoms with Gasteiger partial charge in [-0.15, -0.1) is 0 Å². The van der Waals surface area contributed by atoms with Crippen molar-refractivity contribution in [2.24, 2.45) is 16.6 Å². The zero-order valence-electron chi connectivity index (χ0n) is 18.1. The maximum atomic E-state index is 12.0. The van der Waals surface area contributed by atoms with Crippen molar-refractivity contribution < 1.29 is 13.3 Å². The van der Waals surface area contributed by atoms with E-state index in [-0.39, 0.29) is 0 Å². The molecule has 1 heterocycles. The van der Waals surface area contributed by atoms with Crippen molar-refractivity contribution in [1.29, 1.82) is 0 Å². The van der Waals surface area contributed by atoms with Crippen LogP contribution in [0.25, 0.3) is 0 Å². The number of rotatable bonds is 13. The molecule has 9 heteroatoms. The van der Waals surface area contributed by atoms with Crippen LogP contribution in [-0.2, 0) is 14.9 Å². The van der Waals surface area contributed by atoms with E-state index in [9.17, 15) is 8.42 Å². The third-order valence-electron chi connectivity index (χ3n) is 5.28. The topological polar surface area (TPSA) is 110 Å². The molecule has 0 spiro atoms. The van der Waals surface area contributed by atoms with Crippen LogP contribution in [0.2, 0.25) is 0 Å². The average Bonchev–Trinajstić information content (AvgIpc) is 2.72. The molecular weight excluding hydrogens is 402 g/mol. The second kappa shape index (κ2) is 13.6. The Labute approximate surface area is 181 Å². The van der Waals surface area contributed by atoms with Gasteiger partial charge in [0.1, 0.15) is 0 Å². The Hall–Kier alpha value is -1.71. The molecule has 3 N–H and O–H groups in total. The summed E-state index contributed by atoms with van der Waals surface area (Å²) >= 11 is 0. The van der Waals surface area contributed by atoms with Crippen LogP contribution in [0, 0.1) is 5.92 Å². The van der Waals surface area contributed by atoms with Crippen LogP contribution in [0.3, 0.4) is 0 Å². The quantitative estimate of drug-likeness (QED) is 0.211. The predicted molar refractivity (Wildman–Crippen MR) is 122 cm³/mol. The van der Waals surface area contributed by atoms with Gasteiger partial charge in [-0.3, -0.25) is 14.8 Å². The normalized spacial score (nSPS) is 16.1. The van der Waals surface area contributed by atoms with Gasteiger partial charge >= 0.3 is 0 Å². The first-order chi connectivity index (χ1) is 14.4. The van der Waals surface area contributed by atoms with E-state index in [4.69, 9.17) is 10.6 Å². The van der Waals surface area contributed by atoms with E-state index in [0.29, 0.717) is 31.6 Å². The van der Waals surface area contributed by atoms with Gasteiger partial charge in [-0.1, -0.05) is 43.0 Å². The van der Waals surface area contributed by atoms with Gasteiger partial charge in [0, 0.05) is 31.2 Å². The number of hydrogen-bond acceptors (Lipinski definition) is 5. The molecule has 0 atom stereocenters. The number of hydrogen-bond donors (Lipinski definition) is 2. The molecule has 0 saturated heterocycles. The number of unbranched alkanes of at least 4 members (excludes halogenated alkanes) is 4. The molecule has 1 aliphatic carbocycles. The molecule has 0 aliphatic heterocycles. The van der Waals surface area contributed by atoms with Gasteiger partial charge in [0.05, 0.1) is 12.9 Å². The minimum absolute atomic E-state index is 0.403. The van der Waals surface area contributed by atoms with Gasteiger partial charge in [-0.2, -0.15) is 0 Å². The highest BCUT2D eigenvalue weighted by Gasteiger charge is 2.20. The van der Waals surface area contributed by atoms with Crippen LogP contribution >= 0.6 is 0 Å². The molecule has 0 unspecified atom stereocenters. The second-order valence-electron chi connectivity index (χ2n) is 7.98. The first kappa shape index (κ1) is 24.6. The van der Waals surface area contributed by atoms with Crippen molar-refractivity contribution in [3.05, 3.63) is 24.5 Å². The molecule has 1 saturated carbocycles. The third kappa shape index (κ3) is 10.4. The summed E-state index contributed by atoms with van der Waals surface area (Å²) in [7, 11) is -3.33. The first-order valence-electron chi connectivity index (χ1n) is 11.0. The molecule has 2 rings (SSSR count). The van der Waals surface area contributed by atoms with Crippen molar-refractivity contribution >= 4 is 21.7 Å². The fourth-order valence-electron chi connectivity index (χ4n) is 3.57. The molecule has 0 radical (unpaired) electrons. The fourth-order valence-corrected chi connectivity index (χ4v) is 4.29. The molecule has 1 aliphatic rings. The SMILES string of the molecule is CS(=O)(=O)N(CCCCCCCN=C(N)Nc1ccncc1)OCC1CCCCC1. The first-order valence-corrected chi connectivity index (χ1v) is 12.9. The Bertz CT molecular complexity index is 721.